The molecule has 0 saturated carbocycles. The number of hydroxylamine groups is 1. The molecule has 0 aliphatic rings. The van der Waals surface area contributed by atoms with E-state index in [1.165, 1.54) is 24.5 Å². The fourth-order valence-corrected chi connectivity index (χ4v) is 3.61. The molecule has 4 N–H and O–H groups in total. The summed E-state index contributed by atoms with van der Waals surface area (Å²) in [4.78, 5) is 35.9. The van der Waals surface area contributed by atoms with Gasteiger partial charge in [-0.05, 0) is 42.6 Å². The third kappa shape index (κ3) is 5.60. The van der Waals surface area contributed by atoms with Crippen LogP contribution in [0, 0.1) is 5.41 Å². The monoisotopic (exact) mass is 462 g/mol. The van der Waals surface area contributed by atoms with Crippen molar-refractivity contribution in [3.8, 4) is 5.75 Å². The zero-order valence-corrected chi connectivity index (χ0v) is 19.0. The van der Waals surface area contributed by atoms with Crippen LogP contribution in [0.25, 0.3) is 10.8 Å². The predicted molar refractivity (Wildman–Crippen MR) is 128 cm³/mol. The first-order chi connectivity index (χ1) is 16.1. The molecule has 3 aromatic carbocycles. The van der Waals surface area contributed by atoms with E-state index in [9.17, 15) is 19.5 Å². The van der Waals surface area contributed by atoms with Crippen molar-refractivity contribution in [2.75, 3.05) is 5.32 Å². The Kier molecular flexibility index (Phi) is 7.33. The number of ether oxygens (including phenoxy) is 1. The summed E-state index contributed by atoms with van der Waals surface area (Å²) in [6.07, 6.45) is 1.06. The molecule has 0 unspecified atom stereocenters. The predicted octanol–water partition coefficient (Wildman–Crippen LogP) is 5.13. The Labute approximate surface area is 196 Å². The summed E-state index contributed by atoms with van der Waals surface area (Å²) >= 11 is 0. The summed E-state index contributed by atoms with van der Waals surface area (Å²) in [7, 11) is 0. The summed E-state index contributed by atoms with van der Waals surface area (Å²) in [5, 5.41) is 23.0. The molecule has 0 aromatic heterocycles. The lowest BCUT2D eigenvalue weighted by atomic mass is 9.80. The van der Waals surface area contributed by atoms with Gasteiger partial charge in [0.15, 0.2) is 5.78 Å². The van der Waals surface area contributed by atoms with Gasteiger partial charge in [-0.2, -0.15) is 0 Å². The zero-order chi connectivity index (χ0) is 24.9. The van der Waals surface area contributed by atoms with Gasteiger partial charge >= 0.3 is 6.09 Å². The van der Waals surface area contributed by atoms with E-state index < -0.39 is 23.5 Å². The second-order valence-corrected chi connectivity index (χ2v) is 8.39. The fraction of sp³-hybridized carbons (Fsp3) is 0.192. The number of carbonyl (C=O) groups excluding carboxylic acids is 3. The van der Waals surface area contributed by atoms with Gasteiger partial charge in [-0.3, -0.25) is 20.1 Å². The number of anilines is 1. The molecule has 2 amide bonds. The molecule has 0 radical (unpaired) electrons. The number of aromatic hydroxyl groups is 1. The normalized spacial score (nSPS) is 12.4. The number of amides is 2. The van der Waals surface area contributed by atoms with Crippen molar-refractivity contribution in [2.24, 2.45) is 5.41 Å². The van der Waals surface area contributed by atoms with Gasteiger partial charge in [0.05, 0.1) is 0 Å². The molecule has 0 heterocycles. The molecule has 0 spiro atoms. The average molecular weight is 463 g/mol. The van der Waals surface area contributed by atoms with E-state index in [4.69, 9.17) is 9.94 Å². The maximum Gasteiger partial charge on any atom is 0.412 e. The first-order valence-corrected chi connectivity index (χ1v) is 10.5. The Balaban J connectivity index is 1.98. The fourth-order valence-electron chi connectivity index (χ4n) is 3.61. The maximum absolute atomic E-state index is 12.9. The molecule has 0 aliphatic carbocycles. The van der Waals surface area contributed by atoms with Crippen LogP contribution < -0.4 is 10.8 Å². The minimum absolute atomic E-state index is 0.0844. The van der Waals surface area contributed by atoms with E-state index in [0.717, 1.165) is 6.08 Å². The van der Waals surface area contributed by atoms with Crippen LogP contribution in [-0.4, -0.2) is 28.1 Å². The Morgan fingerprint density at radius 3 is 2.24 bits per heavy atom. The number of rotatable bonds is 7. The van der Waals surface area contributed by atoms with Crippen LogP contribution in [0.4, 0.5) is 10.5 Å². The first-order valence-electron chi connectivity index (χ1n) is 10.5. The highest BCUT2D eigenvalue weighted by Gasteiger charge is 2.34. The standard InChI is InChI=1S/C26H26N2O6/c1-16(29)17-8-10-18(11-9-17)27-25(32)34-24(26(2,3)15-14-23(31)28-33)21-12-13-22(30)20-7-5-4-6-19(20)21/h4-15,24,30,33H,1-3H3,(H,27,32)(H,28,31)/b15-14+/t24-/m1/s1. The minimum atomic E-state index is -0.901. The smallest absolute Gasteiger partial charge is 0.412 e. The van der Waals surface area contributed by atoms with Gasteiger partial charge in [0.25, 0.3) is 5.91 Å². The van der Waals surface area contributed by atoms with Crippen molar-refractivity contribution in [3.05, 3.63) is 83.9 Å². The number of hydrogen-bond acceptors (Lipinski definition) is 6. The number of carbonyl (C=O) groups is 3. The summed E-state index contributed by atoms with van der Waals surface area (Å²) in [6, 6.07) is 16.7. The van der Waals surface area contributed by atoms with Crippen LogP contribution in [0.5, 0.6) is 5.75 Å². The number of phenols is 1. The van der Waals surface area contributed by atoms with Crippen LogP contribution in [0.2, 0.25) is 0 Å². The number of benzene rings is 3. The van der Waals surface area contributed by atoms with Crippen molar-refractivity contribution in [2.45, 2.75) is 26.9 Å². The van der Waals surface area contributed by atoms with E-state index in [2.05, 4.69) is 5.32 Å². The van der Waals surface area contributed by atoms with E-state index in [0.29, 0.717) is 27.6 Å². The highest BCUT2D eigenvalue weighted by atomic mass is 16.6. The third-order valence-corrected chi connectivity index (χ3v) is 5.43. The average Bonchev–Trinajstić information content (AvgIpc) is 2.82. The second kappa shape index (κ2) is 10.2. The molecule has 8 nitrogen and oxygen atoms in total. The lowest BCUT2D eigenvalue weighted by molar-refractivity contribution is -0.124. The van der Waals surface area contributed by atoms with E-state index in [1.54, 1.807) is 68.4 Å². The van der Waals surface area contributed by atoms with Crippen LogP contribution in [0.3, 0.4) is 0 Å². The van der Waals surface area contributed by atoms with Crippen molar-refractivity contribution in [1.29, 1.82) is 0 Å². The number of nitrogens with one attached hydrogen (secondary N) is 2. The topological polar surface area (TPSA) is 125 Å². The lowest BCUT2D eigenvalue weighted by Crippen LogP contribution is -2.28. The molecule has 0 bridgehead atoms. The number of fused-ring (bicyclic) bond motifs is 1. The number of ketones is 1. The summed E-state index contributed by atoms with van der Waals surface area (Å²) in [5.41, 5.74) is 2.21. The molecule has 3 aromatic rings. The van der Waals surface area contributed by atoms with Crippen LogP contribution >= 0.6 is 0 Å². The molecular weight excluding hydrogens is 436 g/mol. The largest absolute Gasteiger partial charge is 0.507 e. The molecular formula is C26H26N2O6. The van der Waals surface area contributed by atoms with Crippen molar-refractivity contribution in [1.82, 2.24) is 5.48 Å². The molecule has 0 saturated heterocycles. The molecule has 0 fully saturated rings. The van der Waals surface area contributed by atoms with E-state index >= 15 is 0 Å². The van der Waals surface area contributed by atoms with E-state index in [-0.39, 0.29) is 11.5 Å². The molecule has 176 valence electrons. The third-order valence-electron chi connectivity index (χ3n) is 5.43. The highest BCUT2D eigenvalue weighted by molar-refractivity contribution is 5.95. The van der Waals surface area contributed by atoms with Gasteiger partial charge in [0.1, 0.15) is 11.9 Å². The molecule has 8 heteroatoms. The van der Waals surface area contributed by atoms with Gasteiger partial charge in [-0.15, -0.1) is 0 Å². The second-order valence-electron chi connectivity index (χ2n) is 8.39. The Bertz CT molecular complexity index is 1250. The van der Waals surface area contributed by atoms with Crippen LogP contribution in [-0.2, 0) is 9.53 Å². The van der Waals surface area contributed by atoms with Crippen molar-refractivity contribution >= 4 is 34.2 Å². The maximum atomic E-state index is 12.9. The summed E-state index contributed by atoms with van der Waals surface area (Å²) < 4.78 is 5.85. The molecule has 3 rings (SSSR count). The number of Topliss-reactive ketones (excluding diaryl/α,β-unsaturated/α-hetero) is 1. The molecule has 0 aliphatic heterocycles. The van der Waals surface area contributed by atoms with E-state index in [1.807, 2.05) is 0 Å². The van der Waals surface area contributed by atoms with Gasteiger partial charge < -0.3 is 9.84 Å². The lowest BCUT2D eigenvalue weighted by Gasteiger charge is -2.32. The first kappa shape index (κ1) is 24.5. The highest BCUT2D eigenvalue weighted by Crippen LogP contribution is 2.42. The van der Waals surface area contributed by atoms with Gasteiger partial charge in [0.2, 0.25) is 0 Å². The van der Waals surface area contributed by atoms with Crippen molar-refractivity contribution < 1.29 is 29.4 Å². The van der Waals surface area contributed by atoms with Gasteiger partial charge in [0, 0.05) is 33.7 Å². The quantitative estimate of drug-likeness (QED) is 0.167. The minimum Gasteiger partial charge on any atom is -0.507 e. The number of phenolic OH excluding ortho intramolecular Hbond substituents is 1. The summed E-state index contributed by atoms with van der Waals surface area (Å²) in [6.45, 7) is 5.00. The molecule has 1 atom stereocenters. The Morgan fingerprint density at radius 2 is 1.62 bits per heavy atom. The summed E-state index contributed by atoms with van der Waals surface area (Å²) in [5.74, 6) is -0.729. The Morgan fingerprint density at radius 1 is 0.971 bits per heavy atom. The number of hydrogen-bond donors (Lipinski definition) is 4. The molecule has 34 heavy (non-hydrogen) atoms. The SMILES string of the molecule is CC(=O)c1ccc(NC(=O)O[C@H](c2ccc(O)c3ccccc23)C(C)(C)/C=C/C(=O)NO)cc1. The van der Waals surface area contributed by atoms with Gasteiger partial charge in [-0.1, -0.05) is 50.3 Å². The van der Waals surface area contributed by atoms with Crippen LogP contribution in [0.1, 0.15) is 42.8 Å². The van der Waals surface area contributed by atoms with Crippen molar-refractivity contribution in [3.63, 3.8) is 0 Å². The van der Waals surface area contributed by atoms with Gasteiger partial charge in [-0.25, -0.2) is 10.3 Å². The Hall–Kier alpha value is -4.17. The zero-order valence-electron chi connectivity index (χ0n) is 19.0. The van der Waals surface area contributed by atoms with Crippen LogP contribution in [0.15, 0.2) is 72.8 Å².